The fourth-order valence-electron chi connectivity index (χ4n) is 5.80. The Kier molecular flexibility index (Phi) is 10.8. The lowest BCUT2D eigenvalue weighted by Gasteiger charge is -2.39. The lowest BCUT2D eigenvalue weighted by molar-refractivity contribution is 0.101. The van der Waals surface area contributed by atoms with E-state index in [2.05, 4.69) is 61.4 Å². The van der Waals surface area contributed by atoms with Crippen molar-refractivity contribution < 1.29 is 0 Å². The Balaban J connectivity index is 0.00000113. The van der Waals surface area contributed by atoms with Crippen LogP contribution in [0.25, 0.3) is 10.9 Å². The summed E-state index contributed by atoms with van der Waals surface area (Å²) < 4.78 is 1.03. The molecule has 2 aromatic carbocycles. The molecular formula is C32H40BrClN8. The predicted octanol–water partition coefficient (Wildman–Crippen LogP) is 5.17. The minimum absolute atomic E-state index is 0.125. The zero-order valence-electron chi connectivity index (χ0n) is 24.2. The van der Waals surface area contributed by atoms with Gasteiger partial charge in [-0.2, -0.15) is 0 Å². The Morgan fingerprint density at radius 1 is 1.00 bits per heavy atom. The summed E-state index contributed by atoms with van der Waals surface area (Å²) in [4.78, 5) is 19.8. The summed E-state index contributed by atoms with van der Waals surface area (Å²) in [6.45, 7) is 8.61. The molecule has 1 saturated heterocycles. The molecule has 2 aromatic heterocycles. The molecule has 5 N–H and O–H groups in total. The molecule has 6 rings (SSSR count). The van der Waals surface area contributed by atoms with Crippen LogP contribution in [0.3, 0.4) is 0 Å². The number of nitrogens with one attached hydrogen (secondary N) is 1. The molecule has 1 aliphatic carbocycles. The van der Waals surface area contributed by atoms with E-state index in [1.54, 1.807) is 0 Å². The highest BCUT2D eigenvalue weighted by Gasteiger charge is 2.32. The van der Waals surface area contributed by atoms with Crippen molar-refractivity contribution in [2.45, 2.75) is 38.8 Å². The Morgan fingerprint density at radius 2 is 1.76 bits per heavy atom. The Labute approximate surface area is 262 Å². The highest BCUT2D eigenvalue weighted by atomic mass is 79.9. The first-order valence-electron chi connectivity index (χ1n) is 14.8. The molecule has 4 aromatic rings. The SMILES string of the molecule is CCN.NCCCNc1nc(CN2CCN(C3c4ccc(Cl)cc4CCc4cc(Br)cnc43)CC2)nc2ccccc12. The van der Waals surface area contributed by atoms with Gasteiger partial charge >= 0.3 is 0 Å². The number of aryl methyl sites for hydroxylation is 2. The van der Waals surface area contributed by atoms with Gasteiger partial charge in [0.2, 0.25) is 0 Å². The van der Waals surface area contributed by atoms with Crippen LogP contribution in [-0.4, -0.2) is 70.6 Å². The smallest absolute Gasteiger partial charge is 0.145 e. The van der Waals surface area contributed by atoms with E-state index >= 15 is 0 Å². The highest BCUT2D eigenvalue weighted by Crippen LogP contribution is 2.38. The summed E-state index contributed by atoms with van der Waals surface area (Å²) in [5.74, 6) is 1.74. The first-order chi connectivity index (χ1) is 20.5. The fourth-order valence-corrected chi connectivity index (χ4v) is 6.37. The fraction of sp³-hybridized carbons (Fsp3) is 0.406. The van der Waals surface area contributed by atoms with Gasteiger partial charge in [0, 0.05) is 53.8 Å². The second kappa shape index (κ2) is 14.7. The van der Waals surface area contributed by atoms with Crippen molar-refractivity contribution in [3.63, 3.8) is 0 Å². The van der Waals surface area contributed by atoms with Crippen LogP contribution in [0.15, 0.2) is 59.2 Å². The first-order valence-corrected chi connectivity index (χ1v) is 16.0. The number of rotatable bonds is 7. The van der Waals surface area contributed by atoms with Gasteiger partial charge in [-0.05, 0) is 95.3 Å². The third-order valence-corrected chi connectivity index (χ3v) is 8.42. The normalized spacial score (nSPS) is 17.1. The predicted molar refractivity (Wildman–Crippen MR) is 176 cm³/mol. The Hall–Kier alpha value is -2.66. The summed E-state index contributed by atoms with van der Waals surface area (Å²) >= 11 is 10.0. The van der Waals surface area contributed by atoms with Crippen molar-refractivity contribution in [2.75, 3.05) is 51.1 Å². The van der Waals surface area contributed by atoms with Crippen LogP contribution >= 0.6 is 27.5 Å². The van der Waals surface area contributed by atoms with E-state index in [1.165, 1.54) is 22.4 Å². The quantitative estimate of drug-likeness (QED) is 0.235. The van der Waals surface area contributed by atoms with Crippen LogP contribution in [0.5, 0.6) is 0 Å². The monoisotopic (exact) mass is 650 g/mol. The average Bonchev–Trinajstić information content (AvgIpc) is 3.14. The molecule has 1 fully saturated rings. The molecule has 0 amide bonds. The van der Waals surface area contributed by atoms with E-state index in [0.29, 0.717) is 6.54 Å². The maximum Gasteiger partial charge on any atom is 0.145 e. The van der Waals surface area contributed by atoms with Gasteiger partial charge in [-0.3, -0.25) is 14.8 Å². The number of para-hydroxylation sites is 1. The molecule has 3 heterocycles. The molecule has 1 unspecified atom stereocenters. The summed E-state index contributed by atoms with van der Waals surface area (Å²) in [6, 6.07) is 16.9. The number of hydrogen-bond acceptors (Lipinski definition) is 8. The zero-order valence-corrected chi connectivity index (χ0v) is 26.5. The topological polar surface area (TPSA) is 109 Å². The number of halogens is 2. The van der Waals surface area contributed by atoms with E-state index in [-0.39, 0.29) is 6.04 Å². The standard InChI is InChI=1S/C30H33BrClN7.C2H7N/c31-22-16-21-7-6-20-17-23(32)8-9-24(20)29(28(21)35-18-22)39-14-12-38(13-15-39)19-27-36-26-5-2-1-4-25(26)30(37-27)34-11-3-10-33;1-2-3/h1-2,4-5,8-9,16-18,29H,3,6-7,10-15,19,33H2,(H,34,36,37);2-3H2,1H3. The Morgan fingerprint density at radius 3 is 2.55 bits per heavy atom. The number of piperazine rings is 1. The number of pyridine rings is 1. The summed E-state index contributed by atoms with van der Waals surface area (Å²) in [5.41, 5.74) is 16.6. The maximum absolute atomic E-state index is 6.41. The molecular weight excluding hydrogens is 612 g/mol. The van der Waals surface area contributed by atoms with Crippen molar-refractivity contribution in [3.8, 4) is 0 Å². The van der Waals surface area contributed by atoms with Crippen LogP contribution in [0.4, 0.5) is 5.82 Å². The molecule has 0 radical (unpaired) electrons. The van der Waals surface area contributed by atoms with E-state index in [4.69, 9.17) is 38.0 Å². The van der Waals surface area contributed by atoms with Gasteiger partial charge in [-0.1, -0.05) is 36.7 Å². The third-order valence-electron chi connectivity index (χ3n) is 7.75. The maximum atomic E-state index is 6.41. The van der Waals surface area contributed by atoms with Gasteiger partial charge in [0.1, 0.15) is 11.6 Å². The molecule has 0 bridgehead atoms. The Bertz CT molecular complexity index is 1440. The van der Waals surface area contributed by atoms with Crippen LogP contribution in [0, 0.1) is 0 Å². The summed E-state index contributed by atoms with van der Waals surface area (Å²) in [6.07, 6.45) is 4.77. The molecule has 2 aliphatic rings. The van der Waals surface area contributed by atoms with Gasteiger partial charge in [0.05, 0.1) is 23.8 Å². The molecule has 1 aliphatic heterocycles. The number of nitrogens with two attached hydrogens (primary N) is 2. The number of nitrogens with zero attached hydrogens (tertiary/aromatic N) is 5. The van der Waals surface area contributed by atoms with Crippen molar-refractivity contribution in [1.29, 1.82) is 0 Å². The largest absolute Gasteiger partial charge is 0.369 e. The van der Waals surface area contributed by atoms with E-state index < -0.39 is 0 Å². The molecule has 1 atom stereocenters. The average molecular weight is 652 g/mol. The molecule has 10 heteroatoms. The van der Waals surface area contributed by atoms with E-state index in [9.17, 15) is 0 Å². The minimum Gasteiger partial charge on any atom is -0.369 e. The first kappa shape index (κ1) is 30.8. The second-order valence-electron chi connectivity index (χ2n) is 10.7. The summed E-state index contributed by atoms with van der Waals surface area (Å²) in [7, 11) is 0. The highest BCUT2D eigenvalue weighted by molar-refractivity contribution is 9.10. The van der Waals surface area contributed by atoms with Crippen molar-refractivity contribution in [1.82, 2.24) is 24.8 Å². The minimum atomic E-state index is 0.125. The van der Waals surface area contributed by atoms with Crippen LogP contribution in [0.2, 0.25) is 5.02 Å². The second-order valence-corrected chi connectivity index (χ2v) is 12.1. The van der Waals surface area contributed by atoms with Crippen LogP contribution < -0.4 is 16.8 Å². The van der Waals surface area contributed by atoms with Gasteiger partial charge in [0.25, 0.3) is 0 Å². The van der Waals surface area contributed by atoms with Crippen molar-refractivity contribution in [2.24, 2.45) is 11.5 Å². The molecule has 42 heavy (non-hydrogen) atoms. The molecule has 0 spiro atoms. The summed E-state index contributed by atoms with van der Waals surface area (Å²) in [5, 5.41) is 5.32. The lowest BCUT2D eigenvalue weighted by Crippen LogP contribution is -2.47. The molecule has 8 nitrogen and oxygen atoms in total. The number of aromatic nitrogens is 3. The van der Waals surface area contributed by atoms with Gasteiger partial charge < -0.3 is 16.8 Å². The van der Waals surface area contributed by atoms with Crippen molar-refractivity contribution >= 4 is 44.3 Å². The van der Waals surface area contributed by atoms with Crippen molar-refractivity contribution in [3.05, 3.63) is 92.4 Å². The zero-order chi connectivity index (χ0) is 29.5. The van der Waals surface area contributed by atoms with Crippen LogP contribution in [-0.2, 0) is 19.4 Å². The number of fused-ring (bicyclic) bond motifs is 3. The lowest BCUT2D eigenvalue weighted by atomic mass is 9.96. The number of anilines is 1. The van der Waals surface area contributed by atoms with Gasteiger partial charge in [-0.25, -0.2) is 9.97 Å². The van der Waals surface area contributed by atoms with E-state index in [0.717, 1.165) is 97.1 Å². The molecule has 222 valence electrons. The molecule has 0 saturated carbocycles. The number of hydrogen-bond donors (Lipinski definition) is 3. The number of benzene rings is 2. The van der Waals surface area contributed by atoms with Crippen LogP contribution in [0.1, 0.15) is 47.6 Å². The van der Waals surface area contributed by atoms with Gasteiger partial charge in [0.15, 0.2) is 0 Å². The van der Waals surface area contributed by atoms with Gasteiger partial charge in [-0.15, -0.1) is 0 Å². The third kappa shape index (κ3) is 7.27. The van der Waals surface area contributed by atoms with E-state index in [1.807, 2.05) is 31.3 Å².